The first-order chi connectivity index (χ1) is 19.9. The maximum absolute atomic E-state index is 14.1. The number of halogens is 3. The van der Waals surface area contributed by atoms with E-state index in [0.717, 1.165) is 12.1 Å². The molecule has 5 rings (SSSR count). The van der Waals surface area contributed by atoms with Crippen LogP contribution in [0.4, 0.5) is 18.9 Å². The first kappa shape index (κ1) is 30.1. The molecule has 6 N–H and O–H groups in total. The van der Waals surface area contributed by atoms with Crippen molar-refractivity contribution in [2.24, 2.45) is 17.6 Å². The van der Waals surface area contributed by atoms with Gasteiger partial charge in [-0.05, 0) is 62.2 Å². The van der Waals surface area contributed by atoms with Crippen LogP contribution < -0.4 is 10.6 Å². The van der Waals surface area contributed by atoms with E-state index in [1.54, 1.807) is 25.1 Å². The number of carbonyl (C=O) groups excluding carboxylic acids is 3. The van der Waals surface area contributed by atoms with E-state index in [1.165, 1.54) is 31.1 Å². The number of rotatable bonds is 4. The summed E-state index contributed by atoms with van der Waals surface area (Å²) in [4.78, 5) is 42.6. The molecule has 1 amide bonds. The summed E-state index contributed by atoms with van der Waals surface area (Å²) in [5, 5.41) is 45.7. The lowest BCUT2D eigenvalue weighted by Crippen LogP contribution is -2.65. The number of ketones is 2. The quantitative estimate of drug-likeness (QED) is 0.332. The predicted octanol–water partition coefficient (Wildman–Crippen LogP) is 2.72. The number of phenols is 1. The number of alkyl halides is 3. The minimum Gasteiger partial charge on any atom is -0.508 e. The van der Waals surface area contributed by atoms with Crippen LogP contribution in [0.15, 0.2) is 47.2 Å². The molecule has 2 aromatic rings. The molecule has 0 unspecified atom stereocenters. The normalized spacial score (nSPS) is 25.5. The highest BCUT2D eigenvalue weighted by Gasteiger charge is 2.64. The summed E-state index contributed by atoms with van der Waals surface area (Å²) in [7, 11) is 6.41. The highest BCUT2D eigenvalue weighted by Crippen LogP contribution is 2.55. The standard InChI is InChI=1S/C30H30F3N3O7/c1-35(2)18-11-15(12-5-7-14(8-6-12)30(31,32)33)23(37)20-16(18)9-13-10-17-22(36(3)4)25(39)21(28(34)42)27(41)29(17,43)26(40)19(13)24(20)38/h5-8,11,13,17,22,37-38,41,43H,9-10H2,1-4H3,(H2,34,42)/t13-,17-,22-,29-/m0/s1. The van der Waals surface area contributed by atoms with Gasteiger partial charge in [0.1, 0.15) is 22.8 Å². The second-order valence-electron chi connectivity index (χ2n) is 11.6. The number of hydrogen-bond acceptors (Lipinski definition) is 9. The second kappa shape index (κ2) is 9.85. The summed E-state index contributed by atoms with van der Waals surface area (Å²) in [6, 6.07) is 4.42. The fourth-order valence-electron chi connectivity index (χ4n) is 6.75. The number of amides is 1. The van der Waals surface area contributed by atoms with Crippen LogP contribution in [0.1, 0.15) is 23.1 Å². The zero-order valence-corrected chi connectivity index (χ0v) is 23.7. The van der Waals surface area contributed by atoms with Gasteiger partial charge in [0.05, 0.1) is 17.2 Å². The van der Waals surface area contributed by atoms with Gasteiger partial charge in [-0.2, -0.15) is 13.2 Å². The molecule has 0 aliphatic heterocycles. The van der Waals surface area contributed by atoms with E-state index in [4.69, 9.17) is 5.73 Å². The molecule has 0 radical (unpaired) electrons. The average molecular weight is 602 g/mol. The van der Waals surface area contributed by atoms with Crippen LogP contribution in [0.25, 0.3) is 16.9 Å². The Morgan fingerprint density at radius 3 is 2.16 bits per heavy atom. The molecule has 13 heteroatoms. The minimum absolute atomic E-state index is 0.0694. The van der Waals surface area contributed by atoms with Crippen LogP contribution in [0, 0.1) is 11.8 Å². The number of hydrogen-bond donors (Lipinski definition) is 5. The van der Waals surface area contributed by atoms with Crippen LogP contribution in [-0.4, -0.2) is 82.6 Å². The van der Waals surface area contributed by atoms with Crippen molar-refractivity contribution in [3.05, 3.63) is 63.9 Å². The van der Waals surface area contributed by atoms with Gasteiger partial charge in [0, 0.05) is 36.8 Å². The van der Waals surface area contributed by atoms with Crippen LogP contribution in [-0.2, 0) is 27.0 Å². The molecular formula is C30H30F3N3O7. The predicted molar refractivity (Wildman–Crippen MR) is 149 cm³/mol. The second-order valence-corrected chi connectivity index (χ2v) is 11.6. The number of primary amides is 1. The summed E-state index contributed by atoms with van der Waals surface area (Å²) in [6.07, 6.45) is -4.57. The number of fused-ring (bicyclic) bond motifs is 3. The van der Waals surface area contributed by atoms with Gasteiger partial charge in [0.15, 0.2) is 11.4 Å². The maximum Gasteiger partial charge on any atom is 0.416 e. The number of likely N-dealkylation sites (N-methyl/N-ethyl adjacent to an activating group) is 1. The number of aliphatic hydroxyl groups is 3. The third kappa shape index (κ3) is 4.28. The van der Waals surface area contributed by atoms with E-state index < -0.39 is 75.5 Å². The van der Waals surface area contributed by atoms with Gasteiger partial charge in [-0.3, -0.25) is 19.3 Å². The van der Waals surface area contributed by atoms with Gasteiger partial charge in [0.2, 0.25) is 5.78 Å². The smallest absolute Gasteiger partial charge is 0.416 e. The maximum atomic E-state index is 14.1. The largest absolute Gasteiger partial charge is 0.508 e. The SMILES string of the molecule is CN(C)c1cc(-c2ccc(C(F)(F)F)cc2)c(O)c2c1C[C@H]1C[C@H]3[C@H](N(C)C)C(=O)C(C(N)=O)=C(O)[C@@]3(O)C(=O)C1=C2O. The molecule has 3 aliphatic carbocycles. The molecule has 0 saturated heterocycles. The molecule has 4 atom stereocenters. The Morgan fingerprint density at radius 1 is 1.05 bits per heavy atom. The fourth-order valence-corrected chi connectivity index (χ4v) is 6.75. The fraction of sp³-hybridized carbons (Fsp3) is 0.367. The van der Waals surface area contributed by atoms with E-state index in [2.05, 4.69) is 0 Å². The molecule has 43 heavy (non-hydrogen) atoms. The molecule has 1 saturated carbocycles. The van der Waals surface area contributed by atoms with Crippen LogP contribution in [0.5, 0.6) is 5.75 Å². The van der Waals surface area contributed by atoms with Gasteiger partial charge < -0.3 is 31.1 Å². The molecule has 2 aromatic carbocycles. The number of phenolic OH excluding ortho intramolecular Hbond substituents is 1. The summed E-state index contributed by atoms with van der Waals surface area (Å²) in [6.45, 7) is 0. The average Bonchev–Trinajstić information content (AvgIpc) is 2.90. The van der Waals surface area contributed by atoms with Crippen molar-refractivity contribution < 1.29 is 48.0 Å². The van der Waals surface area contributed by atoms with Crippen LogP contribution in [0.3, 0.4) is 0 Å². The summed E-state index contributed by atoms with van der Waals surface area (Å²) in [5.41, 5.74) is 1.51. The Bertz CT molecular complexity index is 1640. The van der Waals surface area contributed by atoms with Gasteiger partial charge in [-0.15, -0.1) is 0 Å². The van der Waals surface area contributed by atoms with E-state index in [9.17, 15) is 48.0 Å². The van der Waals surface area contributed by atoms with Crippen molar-refractivity contribution in [1.82, 2.24) is 4.90 Å². The van der Waals surface area contributed by atoms with Crippen molar-refractivity contribution >= 4 is 28.9 Å². The number of anilines is 1. The van der Waals surface area contributed by atoms with Gasteiger partial charge in [-0.25, -0.2) is 0 Å². The lowest BCUT2D eigenvalue weighted by molar-refractivity contribution is -0.153. The molecule has 0 heterocycles. The molecule has 0 aromatic heterocycles. The van der Waals surface area contributed by atoms with Crippen molar-refractivity contribution in [2.75, 3.05) is 33.1 Å². The molecule has 0 spiro atoms. The highest BCUT2D eigenvalue weighted by atomic mass is 19.4. The minimum atomic E-state index is -4.58. The van der Waals surface area contributed by atoms with Crippen molar-refractivity contribution in [3.8, 4) is 16.9 Å². The van der Waals surface area contributed by atoms with E-state index >= 15 is 0 Å². The molecule has 1 fully saturated rings. The van der Waals surface area contributed by atoms with E-state index in [0.29, 0.717) is 11.3 Å². The third-order valence-corrected chi connectivity index (χ3v) is 8.70. The van der Waals surface area contributed by atoms with Crippen molar-refractivity contribution in [1.29, 1.82) is 0 Å². The van der Waals surface area contributed by atoms with Crippen molar-refractivity contribution in [2.45, 2.75) is 30.7 Å². The van der Waals surface area contributed by atoms with Gasteiger partial charge in [0.25, 0.3) is 5.91 Å². The lowest BCUT2D eigenvalue weighted by Gasteiger charge is -2.50. The monoisotopic (exact) mass is 601 g/mol. The number of nitrogens with zero attached hydrogens (tertiary/aromatic N) is 2. The number of Topliss-reactive ketones (excluding diaryl/α,β-unsaturated/α-hetero) is 2. The first-order valence-corrected chi connectivity index (χ1v) is 13.3. The molecule has 228 valence electrons. The lowest BCUT2D eigenvalue weighted by atomic mass is 9.57. The Kier molecular flexibility index (Phi) is 6.89. The molecule has 10 nitrogen and oxygen atoms in total. The summed E-state index contributed by atoms with van der Waals surface area (Å²) in [5.74, 6) is -7.71. The molecule has 0 bridgehead atoms. The van der Waals surface area contributed by atoms with E-state index in [1.807, 2.05) is 0 Å². The Hall–Kier alpha value is -4.36. The number of carbonyl (C=O) groups is 3. The number of aliphatic hydroxyl groups excluding tert-OH is 2. The zero-order chi connectivity index (χ0) is 31.9. The molecular weight excluding hydrogens is 571 g/mol. The summed E-state index contributed by atoms with van der Waals surface area (Å²) >= 11 is 0. The van der Waals surface area contributed by atoms with E-state index in [-0.39, 0.29) is 35.1 Å². The first-order valence-electron chi connectivity index (χ1n) is 13.3. The van der Waals surface area contributed by atoms with Gasteiger partial charge in [-0.1, -0.05) is 12.1 Å². The Balaban J connectivity index is 1.74. The highest BCUT2D eigenvalue weighted by molar-refractivity contribution is 6.24. The number of benzene rings is 2. The number of nitrogens with two attached hydrogens (primary N) is 1. The third-order valence-electron chi connectivity index (χ3n) is 8.70. The van der Waals surface area contributed by atoms with Crippen molar-refractivity contribution in [3.63, 3.8) is 0 Å². The molecule has 3 aliphatic rings. The summed E-state index contributed by atoms with van der Waals surface area (Å²) < 4.78 is 39.5. The Morgan fingerprint density at radius 2 is 1.65 bits per heavy atom. The van der Waals surface area contributed by atoms with Gasteiger partial charge >= 0.3 is 6.18 Å². The van der Waals surface area contributed by atoms with Crippen LogP contribution in [0.2, 0.25) is 0 Å². The zero-order valence-electron chi connectivity index (χ0n) is 23.7. The topological polar surface area (TPSA) is 165 Å². The van der Waals surface area contributed by atoms with Crippen LogP contribution >= 0.6 is 0 Å². The number of aromatic hydroxyl groups is 1. The Labute approximate surface area is 244 Å².